The van der Waals surface area contributed by atoms with Gasteiger partial charge in [0, 0.05) is 49.4 Å². The van der Waals surface area contributed by atoms with Gasteiger partial charge in [0.2, 0.25) is 21.9 Å². The van der Waals surface area contributed by atoms with Crippen molar-refractivity contribution in [2.45, 2.75) is 76.6 Å². The summed E-state index contributed by atoms with van der Waals surface area (Å²) in [6.45, 7) is 4.90. The molecule has 4 atom stereocenters. The molecule has 0 spiro atoms. The summed E-state index contributed by atoms with van der Waals surface area (Å²) >= 11 is 0. The van der Waals surface area contributed by atoms with Crippen molar-refractivity contribution in [1.82, 2.24) is 24.5 Å². The highest BCUT2D eigenvalue weighted by Gasteiger charge is 2.45. The fourth-order valence-electron chi connectivity index (χ4n) is 5.48. The Morgan fingerprint density at radius 3 is 2.60 bits per heavy atom. The number of sulfonamides is 1. The third-order valence-corrected chi connectivity index (χ3v) is 9.23. The molecule has 0 amide bonds. The summed E-state index contributed by atoms with van der Waals surface area (Å²) in [5.41, 5.74) is 0.943. The van der Waals surface area contributed by atoms with Gasteiger partial charge in [0.25, 0.3) is 0 Å². The number of aromatic amines is 1. The summed E-state index contributed by atoms with van der Waals surface area (Å²) in [6.07, 6.45) is 5.18. The topological polar surface area (TPSA) is 126 Å². The average molecular weight is 506 g/mol. The minimum Gasteiger partial charge on any atom is -0.472 e. The van der Waals surface area contributed by atoms with E-state index in [0.29, 0.717) is 36.7 Å². The maximum absolute atomic E-state index is 12.8. The van der Waals surface area contributed by atoms with Gasteiger partial charge in [-0.05, 0) is 39.5 Å². The summed E-state index contributed by atoms with van der Waals surface area (Å²) < 4.78 is 39.0. The average Bonchev–Trinajstić information content (AvgIpc) is 3.49. The van der Waals surface area contributed by atoms with E-state index in [1.165, 1.54) is 0 Å². The van der Waals surface area contributed by atoms with Gasteiger partial charge >= 0.3 is 0 Å². The lowest BCUT2D eigenvalue weighted by molar-refractivity contribution is 0.109. The van der Waals surface area contributed by atoms with Crippen LogP contribution in [-0.4, -0.2) is 83.1 Å². The molecule has 35 heavy (non-hydrogen) atoms. The zero-order valence-electron chi connectivity index (χ0n) is 20.6. The third kappa shape index (κ3) is 5.24. The standard InChI is InChI=1S/C23H35N7O4S/c1-4-35(31,32)30-16-6-5-7-17(30)12-18(11-16)29(3)23-25-20(24-21-10-15(2)27-28-21)13-22(26-23)34-19-8-9-33-14-19/h10,13,16-19H,4-9,11-12,14H2,1-3H3,(H2,24,25,26,27,28)/t16-,17+,18-,19-/m1/s1. The van der Waals surface area contributed by atoms with Crippen LogP contribution in [0.4, 0.5) is 17.6 Å². The van der Waals surface area contributed by atoms with Gasteiger partial charge in [-0.1, -0.05) is 6.42 Å². The van der Waals surface area contributed by atoms with E-state index >= 15 is 0 Å². The van der Waals surface area contributed by atoms with Gasteiger partial charge in [-0.3, -0.25) is 5.10 Å². The lowest BCUT2D eigenvalue weighted by Crippen LogP contribution is -2.58. The van der Waals surface area contributed by atoms with Crippen LogP contribution in [0.1, 0.15) is 51.1 Å². The molecule has 3 fully saturated rings. The maximum atomic E-state index is 12.8. The number of aromatic nitrogens is 4. The lowest BCUT2D eigenvalue weighted by Gasteiger charge is -2.49. The third-order valence-electron chi connectivity index (χ3n) is 7.26. The van der Waals surface area contributed by atoms with Crippen molar-refractivity contribution in [2.75, 3.05) is 36.2 Å². The predicted octanol–water partition coefficient (Wildman–Crippen LogP) is 2.59. The first-order valence-corrected chi connectivity index (χ1v) is 14.1. The number of ether oxygens (including phenoxy) is 2. The van der Waals surface area contributed by atoms with Gasteiger partial charge in [-0.2, -0.15) is 19.4 Å². The van der Waals surface area contributed by atoms with Crippen molar-refractivity contribution in [2.24, 2.45) is 0 Å². The number of H-pyrrole nitrogens is 1. The Labute approximate surface area is 206 Å². The fourth-order valence-corrected chi connectivity index (χ4v) is 7.07. The number of hydrogen-bond donors (Lipinski definition) is 2. The van der Waals surface area contributed by atoms with Crippen LogP contribution in [0.2, 0.25) is 0 Å². The zero-order valence-corrected chi connectivity index (χ0v) is 21.4. The minimum absolute atomic E-state index is 0.0274. The van der Waals surface area contributed by atoms with E-state index in [0.717, 1.165) is 44.2 Å². The number of fused-ring (bicyclic) bond motifs is 2. The van der Waals surface area contributed by atoms with Gasteiger partial charge in [0.1, 0.15) is 11.9 Å². The second kappa shape index (κ2) is 9.90. The SMILES string of the molecule is CCS(=O)(=O)N1[C@@H]2CCC[C@H]1C[C@H](N(C)c1nc(Nc3cc(C)[nH]n3)cc(O[C@@H]3CCOC3)n1)C2. The molecular weight excluding hydrogens is 470 g/mol. The van der Waals surface area contributed by atoms with E-state index in [-0.39, 0.29) is 30.0 Å². The molecule has 3 aliphatic rings. The van der Waals surface area contributed by atoms with Crippen LogP contribution in [0.25, 0.3) is 0 Å². The van der Waals surface area contributed by atoms with Gasteiger partial charge in [0.15, 0.2) is 5.82 Å². The molecule has 192 valence electrons. The Bertz CT molecular complexity index is 1120. The van der Waals surface area contributed by atoms with Crippen molar-refractivity contribution < 1.29 is 17.9 Å². The van der Waals surface area contributed by atoms with E-state index < -0.39 is 10.0 Å². The number of piperidine rings is 2. The molecule has 0 radical (unpaired) electrons. The molecule has 3 aliphatic heterocycles. The van der Waals surface area contributed by atoms with Crippen molar-refractivity contribution in [1.29, 1.82) is 0 Å². The van der Waals surface area contributed by atoms with E-state index in [1.807, 2.05) is 20.0 Å². The quantitative estimate of drug-likeness (QED) is 0.557. The summed E-state index contributed by atoms with van der Waals surface area (Å²) in [5.74, 6) is 2.44. The molecule has 11 nitrogen and oxygen atoms in total. The number of rotatable bonds is 8. The molecule has 0 aliphatic carbocycles. The van der Waals surface area contributed by atoms with E-state index in [2.05, 4.69) is 20.4 Å². The highest BCUT2D eigenvalue weighted by atomic mass is 32.2. The summed E-state index contributed by atoms with van der Waals surface area (Å²) in [5, 5.41) is 10.4. The van der Waals surface area contributed by atoms with Crippen LogP contribution in [0.15, 0.2) is 12.1 Å². The Hall–Kier alpha value is -2.44. The molecule has 5 rings (SSSR count). The van der Waals surface area contributed by atoms with Crippen LogP contribution in [0.3, 0.4) is 0 Å². The number of anilines is 3. The van der Waals surface area contributed by atoms with Crippen LogP contribution in [0.5, 0.6) is 5.88 Å². The van der Waals surface area contributed by atoms with Crippen LogP contribution in [-0.2, 0) is 14.8 Å². The molecular formula is C23H35N7O4S. The van der Waals surface area contributed by atoms with E-state index in [1.54, 1.807) is 17.3 Å². The first-order chi connectivity index (χ1) is 16.8. The largest absolute Gasteiger partial charge is 0.472 e. The van der Waals surface area contributed by atoms with Crippen LogP contribution >= 0.6 is 0 Å². The molecule has 2 aromatic heterocycles. The van der Waals surface area contributed by atoms with Crippen LogP contribution in [0, 0.1) is 6.92 Å². The number of nitrogens with zero attached hydrogens (tertiary/aromatic N) is 5. The van der Waals surface area contributed by atoms with Crippen LogP contribution < -0.4 is 15.0 Å². The first kappa shape index (κ1) is 24.3. The Morgan fingerprint density at radius 1 is 1.20 bits per heavy atom. The highest BCUT2D eigenvalue weighted by molar-refractivity contribution is 7.89. The van der Waals surface area contributed by atoms with E-state index in [9.17, 15) is 8.42 Å². The number of hydrogen-bond acceptors (Lipinski definition) is 9. The van der Waals surface area contributed by atoms with Gasteiger partial charge in [-0.25, -0.2) is 8.42 Å². The second-order valence-electron chi connectivity index (χ2n) is 9.76. The van der Waals surface area contributed by atoms with Gasteiger partial charge < -0.3 is 19.7 Å². The van der Waals surface area contributed by atoms with Crippen molar-refractivity contribution in [3.05, 3.63) is 17.8 Å². The molecule has 2 N–H and O–H groups in total. The summed E-state index contributed by atoms with van der Waals surface area (Å²) in [7, 11) is -1.23. The molecule has 5 heterocycles. The maximum Gasteiger partial charge on any atom is 0.230 e. The fraction of sp³-hybridized carbons (Fsp3) is 0.696. The molecule has 3 saturated heterocycles. The number of aryl methyl sites for hydroxylation is 1. The predicted molar refractivity (Wildman–Crippen MR) is 133 cm³/mol. The Kier molecular flexibility index (Phi) is 6.86. The molecule has 0 aromatic carbocycles. The van der Waals surface area contributed by atoms with Gasteiger partial charge in [-0.15, -0.1) is 0 Å². The highest BCUT2D eigenvalue weighted by Crippen LogP contribution is 2.38. The molecule has 0 saturated carbocycles. The lowest BCUT2D eigenvalue weighted by atomic mass is 9.83. The molecule has 2 aromatic rings. The Balaban J connectivity index is 1.40. The summed E-state index contributed by atoms with van der Waals surface area (Å²) in [4.78, 5) is 11.6. The second-order valence-corrected chi connectivity index (χ2v) is 11.9. The van der Waals surface area contributed by atoms with Crippen molar-refractivity contribution >= 4 is 27.6 Å². The molecule has 0 unspecified atom stereocenters. The van der Waals surface area contributed by atoms with Gasteiger partial charge in [0.05, 0.1) is 19.0 Å². The van der Waals surface area contributed by atoms with Crippen molar-refractivity contribution in [3.63, 3.8) is 0 Å². The first-order valence-electron chi connectivity index (χ1n) is 12.5. The monoisotopic (exact) mass is 505 g/mol. The van der Waals surface area contributed by atoms with Crippen molar-refractivity contribution in [3.8, 4) is 5.88 Å². The smallest absolute Gasteiger partial charge is 0.230 e. The summed E-state index contributed by atoms with van der Waals surface area (Å²) in [6, 6.07) is 3.88. The molecule has 2 bridgehead atoms. The normalized spacial score (nSPS) is 27.1. The number of nitrogens with one attached hydrogen (secondary N) is 2. The zero-order chi connectivity index (χ0) is 24.6. The minimum atomic E-state index is -3.22. The Morgan fingerprint density at radius 2 is 1.97 bits per heavy atom. The molecule has 12 heteroatoms. The van der Waals surface area contributed by atoms with E-state index in [4.69, 9.17) is 19.4 Å².